The number of nitrogens with zero attached hydrogens (tertiary/aromatic N) is 3. The average Bonchev–Trinajstić information content (AvgIpc) is 2.78. The number of thioether (sulfide) groups is 1. The molecule has 0 atom stereocenters. The predicted octanol–water partition coefficient (Wildman–Crippen LogP) is 1.16. The monoisotopic (exact) mass is 278 g/mol. The highest BCUT2D eigenvalue weighted by molar-refractivity contribution is 7.99. The smallest absolute Gasteiger partial charge is 0.227 e. The quantitative estimate of drug-likeness (QED) is 0.830. The molecule has 0 unspecified atom stereocenters. The molecular weight excluding hydrogens is 264 g/mol. The number of aromatic nitrogens is 3. The first-order chi connectivity index (χ1) is 9.11. The lowest BCUT2D eigenvalue weighted by Gasteiger charge is -2.08. The van der Waals surface area contributed by atoms with Crippen LogP contribution in [0.5, 0.6) is 5.75 Å². The third-order valence-electron chi connectivity index (χ3n) is 2.47. The Morgan fingerprint density at radius 2 is 2.05 bits per heavy atom. The molecular formula is C12H14N4O2S. The van der Waals surface area contributed by atoms with Crippen molar-refractivity contribution in [3.8, 4) is 11.4 Å². The number of hydrogen-bond acceptors (Lipinski definition) is 5. The van der Waals surface area contributed by atoms with Crippen LogP contribution in [0.3, 0.4) is 0 Å². The van der Waals surface area contributed by atoms with E-state index in [-0.39, 0.29) is 11.7 Å². The molecule has 19 heavy (non-hydrogen) atoms. The Hall–Kier alpha value is -2.02. The van der Waals surface area contributed by atoms with Gasteiger partial charge in [0.15, 0.2) is 5.16 Å². The van der Waals surface area contributed by atoms with Crippen molar-refractivity contribution in [1.29, 1.82) is 0 Å². The summed E-state index contributed by atoms with van der Waals surface area (Å²) in [5.74, 6) is 1.32. The molecule has 0 radical (unpaired) electrons. The van der Waals surface area contributed by atoms with Gasteiger partial charge < -0.3 is 10.5 Å². The first-order valence-corrected chi connectivity index (χ1v) is 6.58. The maximum absolute atomic E-state index is 10.8. The molecule has 0 saturated carbocycles. The topological polar surface area (TPSA) is 83.0 Å². The normalized spacial score (nSPS) is 10.4. The molecule has 100 valence electrons. The van der Waals surface area contributed by atoms with Crippen LogP contribution in [0.4, 0.5) is 0 Å². The number of hydrogen-bond donors (Lipinski definition) is 1. The van der Waals surface area contributed by atoms with E-state index in [9.17, 15) is 4.79 Å². The standard InChI is InChI=1S/C12H14N4O2S/c1-8-14-15-12(19-7-11(13)17)16(8)9-3-5-10(18-2)6-4-9/h3-6H,7H2,1-2H3,(H2,13,17). The molecule has 0 spiro atoms. The van der Waals surface area contributed by atoms with Crippen molar-refractivity contribution in [2.45, 2.75) is 12.1 Å². The molecule has 0 aliphatic heterocycles. The first kappa shape index (κ1) is 13.4. The van der Waals surface area contributed by atoms with Gasteiger partial charge in [-0.25, -0.2) is 0 Å². The molecule has 1 aromatic heterocycles. The van der Waals surface area contributed by atoms with E-state index in [2.05, 4.69) is 10.2 Å². The van der Waals surface area contributed by atoms with Crippen LogP contribution in [-0.2, 0) is 4.79 Å². The number of carbonyl (C=O) groups is 1. The molecule has 0 fully saturated rings. The summed E-state index contributed by atoms with van der Waals surface area (Å²) >= 11 is 1.26. The molecule has 2 rings (SSSR count). The van der Waals surface area contributed by atoms with E-state index < -0.39 is 0 Å². The maximum atomic E-state index is 10.8. The van der Waals surface area contributed by atoms with Crippen molar-refractivity contribution in [2.24, 2.45) is 5.73 Å². The summed E-state index contributed by atoms with van der Waals surface area (Å²) < 4.78 is 6.99. The van der Waals surface area contributed by atoms with E-state index in [1.165, 1.54) is 11.8 Å². The molecule has 0 aliphatic rings. The highest BCUT2D eigenvalue weighted by atomic mass is 32.2. The molecule has 6 nitrogen and oxygen atoms in total. The van der Waals surface area contributed by atoms with Gasteiger partial charge in [-0.3, -0.25) is 9.36 Å². The van der Waals surface area contributed by atoms with Gasteiger partial charge in [0, 0.05) is 5.69 Å². The van der Waals surface area contributed by atoms with E-state index in [1.54, 1.807) is 7.11 Å². The number of nitrogens with two attached hydrogens (primary N) is 1. The van der Waals surface area contributed by atoms with E-state index in [1.807, 2.05) is 35.8 Å². The number of carbonyl (C=O) groups excluding carboxylic acids is 1. The summed E-state index contributed by atoms with van der Waals surface area (Å²) in [6.45, 7) is 1.85. The zero-order chi connectivity index (χ0) is 13.8. The Kier molecular flexibility index (Phi) is 4.06. The molecule has 1 heterocycles. The lowest BCUT2D eigenvalue weighted by atomic mass is 10.3. The molecule has 2 N–H and O–H groups in total. The fourth-order valence-electron chi connectivity index (χ4n) is 1.60. The van der Waals surface area contributed by atoms with E-state index in [4.69, 9.17) is 10.5 Å². The van der Waals surface area contributed by atoms with Crippen molar-refractivity contribution in [1.82, 2.24) is 14.8 Å². The Labute approximate surface area is 115 Å². The Morgan fingerprint density at radius 3 is 2.63 bits per heavy atom. The number of ether oxygens (including phenoxy) is 1. The minimum absolute atomic E-state index is 0.175. The summed E-state index contributed by atoms with van der Waals surface area (Å²) in [6, 6.07) is 7.53. The van der Waals surface area contributed by atoms with Gasteiger partial charge in [0.05, 0.1) is 12.9 Å². The van der Waals surface area contributed by atoms with Gasteiger partial charge in [-0.05, 0) is 31.2 Å². The molecule has 0 saturated heterocycles. The first-order valence-electron chi connectivity index (χ1n) is 5.59. The van der Waals surface area contributed by atoms with Gasteiger partial charge in [0.1, 0.15) is 11.6 Å². The number of primary amides is 1. The number of aryl methyl sites for hydroxylation is 1. The van der Waals surface area contributed by atoms with E-state index in [0.29, 0.717) is 5.16 Å². The fourth-order valence-corrected chi connectivity index (χ4v) is 2.34. The van der Waals surface area contributed by atoms with Crippen LogP contribution in [0.25, 0.3) is 5.69 Å². The second-order valence-corrected chi connectivity index (χ2v) is 4.76. The van der Waals surface area contributed by atoms with Crippen molar-refractivity contribution in [3.05, 3.63) is 30.1 Å². The van der Waals surface area contributed by atoms with Crippen LogP contribution in [-0.4, -0.2) is 33.5 Å². The van der Waals surface area contributed by atoms with Gasteiger partial charge >= 0.3 is 0 Å². The highest BCUT2D eigenvalue weighted by Crippen LogP contribution is 2.23. The molecule has 1 aromatic carbocycles. The lowest BCUT2D eigenvalue weighted by molar-refractivity contribution is -0.115. The van der Waals surface area contributed by atoms with Gasteiger partial charge in [-0.1, -0.05) is 11.8 Å². The van der Waals surface area contributed by atoms with E-state index >= 15 is 0 Å². The summed E-state index contributed by atoms with van der Waals surface area (Å²) in [6.07, 6.45) is 0. The van der Waals surface area contributed by atoms with Crippen LogP contribution < -0.4 is 10.5 Å². The fraction of sp³-hybridized carbons (Fsp3) is 0.250. The minimum Gasteiger partial charge on any atom is -0.497 e. The van der Waals surface area contributed by atoms with Crippen molar-refractivity contribution in [3.63, 3.8) is 0 Å². The highest BCUT2D eigenvalue weighted by Gasteiger charge is 2.12. The van der Waals surface area contributed by atoms with Gasteiger partial charge in [-0.2, -0.15) is 0 Å². The number of rotatable bonds is 5. The number of amides is 1. The summed E-state index contributed by atoms with van der Waals surface area (Å²) in [7, 11) is 1.62. The van der Waals surface area contributed by atoms with Crippen LogP contribution in [0, 0.1) is 6.92 Å². The minimum atomic E-state index is -0.382. The van der Waals surface area contributed by atoms with Crippen LogP contribution in [0.1, 0.15) is 5.82 Å². The molecule has 2 aromatic rings. The summed E-state index contributed by atoms with van der Waals surface area (Å²) in [5, 5.41) is 8.71. The van der Waals surface area contributed by atoms with Crippen LogP contribution in [0.15, 0.2) is 29.4 Å². The molecule has 1 amide bonds. The second kappa shape index (κ2) is 5.75. The Balaban J connectivity index is 2.31. The van der Waals surface area contributed by atoms with Crippen LogP contribution >= 0.6 is 11.8 Å². The van der Waals surface area contributed by atoms with Crippen molar-refractivity contribution >= 4 is 17.7 Å². The second-order valence-electron chi connectivity index (χ2n) is 3.82. The average molecular weight is 278 g/mol. The van der Waals surface area contributed by atoms with Gasteiger partial charge in [-0.15, -0.1) is 10.2 Å². The van der Waals surface area contributed by atoms with Crippen molar-refractivity contribution < 1.29 is 9.53 Å². The summed E-state index contributed by atoms with van der Waals surface area (Å²) in [4.78, 5) is 10.8. The Morgan fingerprint density at radius 1 is 1.37 bits per heavy atom. The molecule has 0 bridgehead atoms. The van der Waals surface area contributed by atoms with Crippen molar-refractivity contribution in [2.75, 3.05) is 12.9 Å². The third kappa shape index (κ3) is 3.05. The summed E-state index contributed by atoms with van der Waals surface area (Å²) in [5.41, 5.74) is 6.05. The SMILES string of the molecule is COc1ccc(-n2c(C)nnc2SCC(N)=O)cc1. The zero-order valence-corrected chi connectivity index (χ0v) is 11.5. The number of benzene rings is 1. The maximum Gasteiger partial charge on any atom is 0.227 e. The lowest BCUT2D eigenvalue weighted by Crippen LogP contribution is -2.13. The predicted molar refractivity (Wildman–Crippen MR) is 72.6 cm³/mol. The Bertz CT molecular complexity index is 580. The van der Waals surface area contributed by atoms with Gasteiger partial charge in [0.2, 0.25) is 5.91 Å². The number of methoxy groups -OCH3 is 1. The largest absolute Gasteiger partial charge is 0.497 e. The van der Waals surface area contributed by atoms with E-state index in [0.717, 1.165) is 17.3 Å². The molecule has 7 heteroatoms. The van der Waals surface area contributed by atoms with Gasteiger partial charge in [0.25, 0.3) is 0 Å². The third-order valence-corrected chi connectivity index (χ3v) is 3.42. The molecule has 0 aliphatic carbocycles. The van der Waals surface area contributed by atoms with Crippen LogP contribution in [0.2, 0.25) is 0 Å². The zero-order valence-electron chi connectivity index (χ0n) is 10.7.